The lowest BCUT2D eigenvalue weighted by Gasteiger charge is -2.33. The van der Waals surface area contributed by atoms with Crippen LogP contribution in [0.3, 0.4) is 0 Å². The highest BCUT2D eigenvalue weighted by molar-refractivity contribution is 7.09. The van der Waals surface area contributed by atoms with E-state index >= 15 is 0 Å². The Balaban J connectivity index is 2.55. The molecule has 0 atom stereocenters. The van der Waals surface area contributed by atoms with Gasteiger partial charge in [0, 0.05) is 23.5 Å². The summed E-state index contributed by atoms with van der Waals surface area (Å²) >= 11 is 1.74. The Kier molecular flexibility index (Phi) is 6.31. The first kappa shape index (κ1) is 16.0. The van der Waals surface area contributed by atoms with E-state index < -0.39 is 0 Å². The molecule has 0 aliphatic rings. The summed E-state index contributed by atoms with van der Waals surface area (Å²) < 4.78 is 0. The van der Waals surface area contributed by atoms with Crippen molar-refractivity contribution >= 4 is 17.3 Å². The van der Waals surface area contributed by atoms with E-state index in [-0.39, 0.29) is 5.54 Å². The summed E-state index contributed by atoms with van der Waals surface area (Å²) in [6.07, 6.45) is 0. The van der Waals surface area contributed by atoms with Crippen molar-refractivity contribution in [1.82, 2.24) is 15.5 Å². The van der Waals surface area contributed by atoms with Crippen LogP contribution in [0, 0.1) is 0 Å². The molecule has 0 saturated heterocycles. The number of hydrogen-bond donors (Lipinski definition) is 2. The predicted molar refractivity (Wildman–Crippen MR) is 84.9 cm³/mol. The largest absolute Gasteiger partial charge is 0.357 e. The number of likely N-dealkylation sites (N-methyl/N-ethyl adjacent to an activating group) is 1. The third-order valence-corrected chi connectivity index (χ3v) is 4.08. The van der Waals surface area contributed by atoms with Crippen molar-refractivity contribution in [3.05, 3.63) is 22.4 Å². The standard InChI is InChI=1S/C14H26N4S/c1-6-15-13(16-10-12-8-7-9-19-12)17-11-14(2,3)18(4)5/h7-9H,6,10-11H2,1-5H3,(H2,15,16,17). The quantitative estimate of drug-likeness (QED) is 0.620. The Morgan fingerprint density at radius 3 is 2.63 bits per heavy atom. The van der Waals surface area contributed by atoms with Crippen LogP contribution in [0.15, 0.2) is 22.5 Å². The van der Waals surface area contributed by atoms with Crippen molar-refractivity contribution in [3.8, 4) is 0 Å². The van der Waals surface area contributed by atoms with Crippen molar-refractivity contribution in [1.29, 1.82) is 0 Å². The zero-order valence-corrected chi connectivity index (χ0v) is 13.5. The minimum absolute atomic E-state index is 0.0964. The van der Waals surface area contributed by atoms with E-state index in [4.69, 9.17) is 0 Å². The van der Waals surface area contributed by atoms with Gasteiger partial charge in [0.1, 0.15) is 0 Å². The molecule has 19 heavy (non-hydrogen) atoms. The minimum Gasteiger partial charge on any atom is -0.357 e. The Morgan fingerprint density at radius 1 is 1.37 bits per heavy atom. The van der Waals surface area contributed by atoms with Gasteiger partial charge in [0.05, 0.1) is 6.54 Å². The van der Waals surface area contributed by atoms with Gasteiger partial charge >= 0.3 is 0 Å². The highest BCUT2D eigenvalue weighted by Gasteiger charge is 2.20. The summed E-state index contributed by atoms with van der Waals surface area (Å²) in [6.45, 7) is 8.97. The van der Waals surface area contributed by atoms with Crippen molar-refractivity contribution in [2.75, 3.05) is 27.2 Å². The van der Waals surface area contributed by atoms with Gasteiger partial charge in [-0.25, -0.2) is 4.99 Å². The van der Waals surface area contributed by atoms with E-state index in [1.807, 2.05) is 0 Å². The summed E-state index contributed by atoms with van der Waals surface area (Å²) in [4.78, 5) is 8.10. The average Bonchev–Trinajstić information content (AvgIpc) is 2.85. The van der Waals surface area contributed by atoms with Crippen LogP contribution in [0.4, 0.5) is 0 Å². The van der Waals surface area contributed by atoms with Crippen molar-refractivity contribution in [2.24, 2.45) is 4.99 Å². The first-order valence-electron chi connectivity index (χ1n) is 6.67. The van der Waals surface area contributed by atoms with E-state index in [1.165, 1.54) is 4.88 Å². The third-order valence-electron chi connectivity index (χ3n) is 3.22. The van der Waals surface area contributed by atoms with Crippen LogP contribution in [0.25, 0.3) is 0 Å². The predicted octanol–water partition coefficient (Wildman–Crippen LogP) is 2.14. The maximum absolute atomic E-state index is 4.60. The topological polar surface area (TPSA) is 39.7 Å². The SMILES string of the molecule is CCNC(=NCc1cccs1)NCC(C)(C)N(C)C. The third kappa shape index (κ3) is 5.61. The molecule has 1 rings (SSSR count). The second-order valence-corrected chi connectivity index (χ2v) is 6.37. The molecule has 0 fully saturated rings. The number of aliphatic imine (C=N–C) groups is 1. The van der Waals surface area contributed by atoms with Crippen LogP contribution < -0.4 is 10.6 Å². The van der Waals surface area contributed by atoms with Crippen molar-refractivity contribution in [3.63, 3.8) is 0 Å². The number of hydrogen-bond acceptors (Lipinski definition) is 3. The highest BCUT2D eigenvalue weighted by atomic mass is 32.1. The lowest BCUT2D eigenvalue weighted by Crippen LogP contribution is -2.50. The van der Waals surface area contributed by atoms with Crippen LogP contribution in [-0.4, -0.2) is 43.6 Å². The highest BCUT2D eigenvalue weighted by Crippen LogP contribution is 2.10. The fourth-order valence-corrected chi connectivity index (χ4v) is 1.99. The normalized spacial score (nSPS) is 12.8. The number of nitrogens with one attached hydrogen (secondary N) is 2. The molecule has 5 heteroatoms. The Hall–Kier alpha value is -1.07. The lowest BCUT2D eigenvalue weighted by atomic mass is 10.0. The summed E-state index contributed by atoms with van der Waals surface area (Å²) in [7, 11) is 4.19. The van der Waals surface area contributed by atoms with Gasteiger partial charge in [0.15, 0.2) is 5.96 Å². The molecule has 0 aromatic carbocycles. The minimum atomic E-state index is 0.0964. The zero-order valence-electron chi connectivity index (χ0n) is 12.7. The van der Waals surface area contributed by atoms with Gasteiger partial charge in [-0.1, -0.05) is 6.07 Å². The number of guanidine groups is 1. The maximum Gasteiger partial charge on any atom is 0.191 e. The van der Waals surface area contributed by atoms with Gasteiger partial charge in [0.2, 0.25) is 0 Å². The van der Waals surface area contributed by atoms with Gasteiger partial charge in [-0.05, 0) is 46.3 Å². The first-order valence-corrected chi connectivity index (χ1v) is 7.55. The molecule has 0 saturated carbocycles. The van der Waals surface area contributed by atoms with E-state index in [1.54, 1.807) is 11.3 Å². The molecule has 4 nitrogen and oxygen atoms in total. The van der Waals surface area contributed by atoms with E-state index in [0.717, 1.165) is 25.6 Å². The Bertz CT molecular complexity index is 382. The number of rotatable bonds is 6. The van der Waals surface area contributed by atoms with Crippen molar-refractivity contribution < 1.29 is 0 Å². The summed E-state index contributed by atoms with van der Waals surface area (Å²) in [5, 5.41) is 8.77. The van der Waals surface area contributed by atoms with Gasteiger partial charge < -0.3 is 15.5 Å². The van der Waals surface area contributed by atoms with Gasteiger partial charge in [-0.3, -0.25) is 0 Å². The molecule has 0 aliphatic carbocycles. The maximum atomic E-state index is 4.60. The van der Waals surface area contributed by atoms with E-state index in [9.17, 15) is 0 Å². The van der Waals surface area contributed by atoms with Crippen molar-refractivity contribution in [2.45, 2.75) is 32.9 Å². The van der Waals surface area contributed by atoms with Gasteiger partial charge in [-0.2, -0.15) is 0 Å². The molecule has 108 valence electrons. The molecule has 0 bridgehead atoms. The van der Waals surface area contributed by atoms with E-state index in [2.05, 4.69) is 72.9 Å². The van der Waals surface area contributed by atoms with Crippen LogP contribution in [0.5, 0.6) is 0 Å². The van der Waals surface area contributed by atoms with Gasteiger partial charge in [-0.15, -0.1) is 11.3 Å². The Morgan fingerprint density at radius 2 is 2.11 bits per heavy atom. The molecule has 1 heterocycles. The number of nitrogens with zero attached hydrogens (tertiary/aromatic N) is 2. The average molecular weight is 282 g/mol. The lowest BCUT2D eigenvalue weighted by molar-refractivity contribution is 0.197. The van der Waals surface area contributed by atoms with Crippen LogP contribution in [0.1, 0.15) is 25.6 Å². The van der Waals surface area contributed by atoms with Crippen LogP contribution >= 0.6 is 11.3 Å². The molecule has 2 N–H and O–H groups in total. The van der Waals surface area contributed by atoms with E-state index in [0.29, 0.717) is 0 Å². The second-order valence-electron chi connectivity index (χ2n) is 5.33. The molecule has 1 aromatic rings. The second kappa shape index (κ2) is 7.50. The summed E-state index contributed by atoms with van der Waals surface area (Å²) in [5.41, 5.74) is 0.0964. The molecule has 0 spiro atoms. The van der Waals surface area contributed by atoms with Gasteiger partial charge in [0.25, 0.3) is 0 Å². The zero-order chi connectivity index (χ0) is 14.3. The smallest absolute Gasteiger partial charge is 0.191 e. The number of thiophene rings is 1. The summed E-state index contributed by atoms with van der Waals surface area (Å²) in [5.74, 6) is 0.880. The molecule has 0 amide bonds. The molecular weight excluding hydrogens is 256 g/mol. The molecular formula is C14H26N4S. The van der Waals surface area contributed by atoms with Crippen LogP contribution in [-0.2, 0) is 6.54 Å². The molecule has 1 aromatic heterocycles. The first-order chi connectivity index (χ1) is 8.95. The summed E-state index contributed by atoms with van der Waals surface area (Å²) in [6, 6.07) is 4.17. The molecule has 0 radical (unpaired) electrons. The van der Waals surface area contributed by atoms with Crippen LogP contribution in [0.2, 0.25) is 0 Å². The molecule has 0 unspecified atom stereocenters. The fourth-order valence-electron chi connectivity index (χ4n) is 1.36. The molecule has 0 aliphatic heterocycles. The Labute approximate surface area is 120 Å². The fraction of sp³-hybridized carbons (Fsp3) is 0.643. The monoisotopic (exact) mass is 282 g/mol.